The number of aliphatic hydroxyl groups excluding tert-OH is 1. The summed E-state index contributed by atoms with van der Waals surface area (Å²) < 4.78 is 86.7. The zero-order valence-electron chi connectivity index (χ0n) is 22.8. The lowest BCUT2D eigenvalue weighted by Crippen LogP contribution is -2.42. The van der Waals surface area contributed by atoms with Crippen molar-refractivity contribution in [3.8, 4) is 0 Å². The fraction of sp³-hybridized carbons (Fsp3) is 0.593. The number of hydrogen-bond donors (Lipinski definition) is 1. The lowest BCUT2D eigenvalue weighted by Gasteiger charge is -2.30. The topological polar surface area (TPSA) is 78.8 Å². The van der Waals surface area contributed by atoms with Gasteiger partial charge in [0.1, 0.15) is 5.60 Å². The van der Waals surface area contributed by atoms with E-state index in [4.69, 9.17) is 9.84 Å². The van der Waals surface area contributed by atoms with Gasteiger partial charge >= 0.3 is 18.4 Å². The summed E-state index contributed by atoms with van der Waals surface area (Å²) >= 11 is 0. The van der Waals surface area contributed by atoms with E-state index in [0.29, 0.717) is 43.4 Å². The van der Waals surface area contributed by atoms with E-state index in [0.717, 1.165) is 0 Å². The van der Waals surface area contributed by atoms with Crippen LogP contribution in [0.15, 0.2) is 30.6 Å². The molecule has 0 bridgehead atoms. The van der Waals surface area contributed by atoms with Crippen LogP contribution in [0.5, 0.6) is 0 Å². The number of aliphatic hydroxyl groups is 1. The Bertz CT molecular complexity index is 1120. The zero-order chi connectivity index (χ0) is 29.9. The fourth-order valence-corrected chi connectivity index (χ4v) is 4.63. The summed E-state index contributed by atoms with van der Waals surface area (Å²) in [5.41, 5.74) is -3.09. The molecule has 2 aromatic rings. The summed E-state index contributed by atoms with van der Waals surface area (Å²) in [6.07, 6.45) is -5.59. The lowest BCUT2D eigenvalue weighted by molar-refractivity contribution is -0.143. The maximum absolute atomic E-state index is 13.5. The van der Waals surface area contributed by atoms with Gasteiger partial charge in [0.25, 0.3) is 0 Å². The third-order valence-electron chi connectivity index (χ3n) is 6.50. The number of nitrogens with zero attached hydrogens (tertiary/aromatic N) is 4. The minimum absolute atomic E-state index is 0.0358. The molecule has 2 atom stereocenters. The van der Waals surface area contributed by atoms with Crippen LogP contribution in [0, 0.1) is 0 Å². The Hall–Kier alpha value is -3.09. The van der Waals surface area contributed by atoms with E-state index in [1.807, 2.05) is 6.92 Å². The minimum atomic E-state index is -4.99. The summed E-state index contributed by atoms with van der Waals surface area (Å²) in [5.74, 6) is 0.101. The Labute approximate surface area is 229 Å². The summed E-state index contributed by atoms with van der Waals surface area (Å²) in [4.78, 5) is 24.7. The van der Waals surface area contributed by atoms with Gasteiger partial charge in [0.2, 0.25) is 5.95 Å². The molecule has 1 fully saturated rings. The standard InChI is InChI=1S/C27H34F6N4O3/c1-5-21-12-22(16-37(21)24(39)40-25(2,3)4)36(23-34-13-17(14-35-23)7-6-8-38)15-18-9-19(26(28,29)30)11-20(10-18)27(31,32)33/h9-11,13-14,21-22,38H,5-8,12,15-16H2,1-4H3. The second kappa shape index (κ2) is 12.2. The van der Waals surface area contributed by atoms with Gasteiger partial charge in [-0.3, -0.25) is 0 Å². The second-order valence-electron chi connectivity index (χ2n) is 10.8. The Kier molecular flexibility index (Phi) is 9.58. The minimum Gasteiger partial charge on any atom is -0.444 e. The van der Waals surface area contributed by atoms with Crippen molar-refractivity contribution in [2.24, 2.45) is 0 Å². The number of rotatable bonds is 8. The highest BCUT2D eigenvalue weighted by molar-refractivity contribution is 5.69. The molecule has 1 aliphatic heterocycles. The van der Waals surface area contributed by atoms with Crippen LogP contribution in [-0.4, -0.2) is 56.9 Å². The Morgan fingerprint density at radius 1 is 1.02 bits per heavy atom. The van der Waals surface area contributed by atoms with E-state index in [1.54, 1.807) is 25.7 Å². The SMILES string of the molecule is CCC1CC(N(Cc2cc(C(F)(F)F)cc(C(F)(F)F)c2)c2ncc(CCCO)cn2)CN1C(=O)OC(C)(C)C. The predicted octanol–water partition coefficient (Wildman–Crippen LogP) is 6.23. The van der Waals surface area contributed by atoms with E-state index in [1.165, 1.54) is 17.3 Å². The van der Waals surface area contributed by atoms with Crippen LogP contribution in [0.3, 0.4) is 0 Å². The first-order valence-electron chi connectivity index (χ1n) is 13.0. The van der Waals surface area contributed by atoms with Crippen molar-refractivity contribution >= 4 is 12.0 Å². The van der Waals surface area contributed by atoms with E-state index in [-0.39, 0.29) is 43.3 Å². The summed E-state index contributed by atoms with van der Waals surface area (Å²) in [5, 5.41) is 9.07. The molecule has 0 saturated carbocycles. The average Bonchev–Trinajstić information content (AvgIpc) is 3.29. The highest BCUT2D eigenvalue weighted by Crippen LogP contribution is 2.37. The van der Waals surface area contributed by atoms with Gasteiger partial charge in [0.05, 0.1) is 17.2 Å². The highest BCUT2D eigenvalue weighted by atomic mass is 19.4. The molecule has 1 aromatic heterocycles. The number of aromatic nitrogens is 2. The summed E-state index contributed by atoms with van der Waals surface area (Å²) in [6, 6.07) is 0.696. The van der Waals surface area contributed by atoms with Gasteiger partial charge in [-0.05, 0) is 75.8 Å². The van der Waals surface area contributed by atoms with Gasteiger partial charge in [-0.15, -0.1) is 0 Å². The second-order valence-corrected chi connectivity index (χ2v) is 10.8. The molecule has 1 aromatic carbocycles. The molecular formula is C27H34F6N4O3. The Balaban J connectivity index is 2.02. The molecule has 40 heavy (non-hydrogen) atoms. The zero-order valence-corrected chi connectivity index (χ0v) is 22.8. The van der Waals surface area contributed by atoms with Crippen LogP contribution in [0.25, 0.3) is 0 Å². The average molecular weight is 577 g/mol. The number of halogens is 6. The molecule has 7 nitrogen and oxygen atoms in total. The van der Waals surface area contributed by atoms with Gasteiger partial charge in [-0.1, -0.05) is 6.92 Å². The smallest absolute Gasteiger partial charge is 0.416 e. The number of benzene rings is 1. The third-order valence-corrected chi connectivity index (χ3v) is 6.50. The van der Waals surface area contributed by atoms with Crippen molar-refractivity contribution in [1.29, 1.82) is 0 Å². The molecule has 1 N–H and O–H groups in total. The molecule has 1 aliphatic rings. The number of carbonyl (C=O) groups excluding carboxylic acids is 1. The van der Waals surface area contributed by atoms with Gasteiger partial charge < -0.3 is 19.6 Å². The number of aryl methyl sites for hydroxylation is 1. The van der Waals surface area contributed by atoms with Crippen molar-refractivity contribution < 1.29 is 41.0 Å². The number of anilines is 1. The third kappa shape index (κ3) is 8.21. The van der Waals surface area contributed by atoms with Crippen molar-refractivity contribution in [1.82, 2.24) is 14.9 Å². The first-order valence-corrected chi connectivity index (χ1v) is 13.0. The highest BCUT2D eigenvalue weighted by Gasteiger charge is 2.41. The van der Waals surface area contributed by atoms with Crippen molar-refractivity contribution in [2.75, 3.05) is 18.1 Å². The van der Waals surface area contributed by atoms with E-state index >= 15 is 0 Å². The molecule has 2 heterocycles. The number of carbonyl (C=O) groups is 1. The summed E-state index contributed by atoms with van der Waals surface area (Å²) in [7, 11) is 0. The number of amides is 1. The van der Waals surface area contributed by atoms with Gasteiger partial charge in [0, 0.05) is 38.1 Å². The molecule has 2 unspecified atom stereocenters. The summed E-state index contributed by atoms with van der Waals surface area (Å²) in [6.45, 7) is 6.78. The first-order chi connectivity index (χ1) is 18.5. The lowest BCUT2D eigenvalue weighted by atomic mass is 10.0. The molecule has 0 spiro atoms. The molecule has 1 amide bonds. The maximum atomic E-state index is 13.5. The molecule has 3 rings (SSSR count). The number of alkyl halides is 6. The Morgan fingerprint density at radius 3 is 2.08 bits per heavy atom. The largest absolute Gasteiger partial charge is 0.444 e. The Morgan fingerprint density at radius 2 is 1.60 bits per heavy atom. The maximum Gasteiger partial charge on any atom is 0.416 e. The van der Waals surface area contributed by atoms with Crippen LogP contribution < -0.4 is 4.90 Å². The number of hydrogen-bond acceptors (Lipinski definition) is 6. The van der Waals surface area contributed by atoms with Crippen molar-refractivity contribution in [2.45, 2.75) is 90.0 Å². The van der Waals surface area contributed by atoms with E-state index < -0.39 is 41.2 Å². The number of ether oxygens (including phenoxy) is 1. The quantitative estimate of drug-likeness (QED) is 0.375. The molecule has 222 valence electrons. The van der Waals surface area contributed by atoms with Gasteiger partial charge in [0.15, 0.2) is 0 Å². The molecular weight excluding hydrogens is 542 g/mol. The predicted molar refractivity (Wildman–Crippen MR) is 135 cm³/mol. The van der Waals surface area contributed by atoms with Crippen LogP contribution >= 0.6 is 0 Å². The van der Waals surface area contributed by atoms with Crippen LogP contribution in [0.4, 0.5) is 37.1 Å². The molecule has 0 aliphatic carbocycles. The fourth-order valence-electron chi connectivity index (χ4n) is 4.63. The van der Waals surface area contributed by atoms with Gasteiger partial charge in [-0.25, -0.2) is 14.8 Å². The first kappa shape index (κ1) is 31.4. The van der Waals surface area contributed by atoms with Gasteiger partial charge in [-0.2, -0.15) is 26.3 Å². The number of likely N-dealkylation sites (tertiary alicyclic amines) is 1. The van der Waals surface area contributed by atoms with Crippen molar-refractivity contribution in [3.05, 3.63) is 52.8 Å². The van der Waals surface area contributed by atoms with Crippen LogP contribution in [0.2, 0.25) is 0 Å². The van der Waals surface area contributed by atoms with Crippen LogP contribution in [0.1, 0.15) is 69.2 Å². The molecule has 0 radical (unpaired) electrons. The van der Waals surface area contributed by atoms with Crippen molar-refractivity contribution in [3.63, 3.8) is 0 Å². The monoisotopic (exact) mass is 576 g/mol. The molecule has 1 saturated heterocycles. The van der Waals surface area contributed by atoms with Crippen LogP contribution in [-0.2, 0) is 30.1 Å². The normalized spacial score (nSPS) is 18.2. The van der Waals surface area contributed by atoms with E-state index in [2.05, 4.69) is 9.97 Å². The van der Waals surface area contributed by atoms with E-state index in [9.17, 15) is 31.1 Å². The molecule has 13 heteroatoms.